The standard InChI is InChI=1S/C14H16O8/c1-21-10-6-8(2-4-9(10)15)3-5-13(18)22-11(14(19)20)7-12(16)17/h2,4,6,11,15H,3,5,7H2,1H3,(H,16,17)(H,19,20)/t11-/m0/s1. The molecule has 0 radical (unpaired) electrons. The number of rotatable bonds is 8. The lowest BCUT2D eigenvalue weighted by Crippen LogP contribution is -2.29. The van der Waals surface area contributed by atoms with E-state index in [0.717, 1.165) is 0 Å². The van der Waals surface area contributed by atoms with Gasteiger partial charge in [-0.05, 0) is 24.1 Å². The first-order valence-corrected chi connectivity index (χ1v) is 6.33. The van der Waals surface area contributed by atoms with E-state index in [-0.39, 0.29) is 24.3 Å². The molecule has 3 N–H and O–H groups in total. The van der Waals surface area contributed by atoms with Crippen molar-refractivity contribution in [2.45, 2.75) is 25.4 Å². The van der Waals surface area contributed by atoms with Crippen LogP contribution in [0.4, 0.5) is 0 Å². The van der Waals surface area contributed by atoms with Gasteiger partial charge in [-0.1, -0.05) is 6.07 Å². The Morgan fingerprint density at radius 1 is 1.23 bits per heavy atom. The Bertz CT molecular complexity index is 566. The highest BCUT2D eigenvalue weighted by Crippen LogP contribution is 2.26. The summed E-state index contributed by atoms with van der Waals surface area (Å²) in [5.74, 6) is -3.49. The second kappa shape index (κ2) is 7.87. The summed E-state index contributed by atoms with van der Waals surface area (Å²) < 4.78 is 9.55. The number of carbonyl (C=O) groups is 3. The van der Waals surface area contributed by atoms with E-state index in [9.17, 15) is 19.5 Å². The molecule has 0 bridgehead atoms. The van der Waals surface area contributed by atoms with Gasteiger partial charge in [-0.2, -0.15) is 0 Å². The fraction of sp³-hybridized carbons (Fsp3) is 0.357. The fourth-order valence-electron chi connectivity index (χ4n) is 1.68. The number of carboxylic acids is 2. The molecule has 0 aliphatic carbocycles. The van der Waals surface area contributed by atoms with E-state index in [4.69, 9.17) is 14.9 Å². The van der Waals surface area contributed by atoms with Gasteiger partial charge in [0, 0.05) is 6.42 Å². The molecule has 1 atom stereocenters. The topological polar surface area (TPSA) is 130 Å². The van der Waals surface area contributed by atoms with Gasteiger partial charge < -0.3 is 24.8 Å². The summed E-state index contributed by atoms with van der Waals surface area (Å²) in [6.07, 6.45) is -2.40. The van der Waals surface area contributed by atoms with E-state index in [0.29, 0.717) is 5.56 Å². The number of aliphatic carboxylic acids is 2. The molecule has 1 aromatic carbocycles. The summed E-state index contributed by atoms with van der Waals surface area (Å²) in [6, 6.07) is 4.52. The lowest BCUT2D eigenvalue weighted by molar-refractivity contribution is -0.167. The van der Waals surface area contributed by atoms with Crippen molar-refractivity contribution in [1.82, 2.24) is 0 Å². The Balaban J connectivity index is 2.58. The molecule has 0 heterocycles. The molecule has 0 fully saturated rings. The Labute approximate surface area is 125 Å². The van der Waals surface area contributed by atoms with Crippen LogP contribution in [0.15, 0.2) is 18.2 Å². The highest BCUT2D eigenvalue weighted by Gasteiger charge is 2.25. The molecule has 0 unspecified atom stereocenters. The van der Waals surface area contributed by atoms with Crippen molar-refractivity contribution in [2.24, 2.45) is 0 Å². The molecule has 0 spiro atoms. The lowest BCUT2D eigenvalue weighted by atomic mass is 10.1. The molecule has 8 heteroatoms. The van der Waals surface area contributed by atoms with Gasteiger partial charge in [0.25, 0.3) is 0 Å². The van der Waals surface area contributed by atoms with Gasteiger partial charge in [0.1, 0.15) is 0 Å². The molecule has 0 aromatic heterocycles. The summed E-state index contributed by atoms with van der Waals surface area (Å²) in [4.78, 5) is 32.8. The number of aromatic hydroxyl groups is 1. The van der Waals surface area contributed by atoms with Crippen LogP contribution in [0.3, 0.4) is 0 Å². The third-order valence-electron chi connectivity index (χ3n) is 2.77. The first-order valence-electron chi connectivity index (χ1n) is 6.33. The predicted molar refractivity (Wildman–Crippen MR) is 72.7 cm³/mol. The fourth-order valence-corrected chi connectivity index (χ4v) is 1.68. The molecule has 0 saturated heterocycles. The third-order valence-corrected chi connectivity index (χ3v) is 2.77. The monoisotopic (exact) mass is 312 g/mol. The first-order chi connectivity index (χ1) is 10.3. The van der Waals surface area contributed by atoms with Crippen molar-refractivity contribution in [1.29, 1.82) is 0 Å². The highest BCUT2D eigenvalue weighted by atomic mass is 16.6. The summed E-state index contributed by atoms with van der Waals surface area (Å²) in [6.45, 7) is 0. The summed E-state index contributed by atoms with van der Waals surface area (Å²) in [5, 5.41) is 26.8. The van der Waals surface area contributed by atoms with Crippen molar-refractivity contribution in [3.05, 3.63) is 23.8 Å². The molecule has 0 amide bonds. The average molecular weight is 312 g/mol. The lowest BCUT2D eigenvalue weighted by Gasteiger charge is -2.12. The van der Waals surface area contributed by atoms with Crippen LogP contribution in [0.5, 0.6) is 11.5 Å². The molecule has 0 saturated carbocycles. The molecular weight excluding hydrogens is 296 g/mol. The Morgan fingerprint density at radius 3 is 2.45 bits per heavy atom. The first kappa shape index (κ1) is 17.3. The zero-order valence-electron chi connectivity index (χ0n) is 11.8. The van der Waals surface area contributed by atoms with Crippen LogP contribution in [-0.2, 0) is 25.5 Å². The number of esters is 1. The minimum absolute atomic E-state index is 0.0405. The molecule has 1 rings (SSSR count). The van der Waals surface area contributed by atoms with Crippen molar-refractivity contribution < 1.29 is 39.2 Å². The van der Waals surface area contributed by atoms with Gasteiger partial charge in [0.2, 0.25) is 6.10 Å². The van der Waals surface area contributed by atoms with E-state index in [1.807, 2.05) is 0 Å². The van der Waals surface area contributed by atoms with Crippen molar-refractivity contribution >= 4 is 17.9 Å². The zero-order valence-corrected chi connectivity index (χ0v) is 11.8. The molecule has 0 aliphatic rings. The van der Waals surface area contributed by atoms with Crippen LogP contribution in [-0.4, -0.2) is 46.4 Å². The number of phenols is 1. The average Bonchev–Trinajstić information content (AvgIpc) is 2.45. The number of methoxy groups -OCH3 is 1. The quantitative estimate of drug-likeness (QED) is 0.601. The number of ether oxygens (including phenoxy) is 2. The maximum atomic E-state index is 11.6. The summed E-state index contributed by atoms with van der Waals surface area (Å²) in [7, 11) is 1.39. The molecule has 0 aliphatic heterocycles. The van der Waals surface area contributed by atoms with Gasteiger partial charge >= 0.3 is 17.9 Å². The van der Waals surface area contributed by atoms with Crippen LogP contribution >= 0.6 is 0 Å². The maximum Gasteiger partial charge on any atom is 0.345 e. The maximum absolute atomic E-state index is 11.6. The molecule has 1 aromatic rings. The van der Waals surface area contributed by atoms with Crippen LogP contribution in [0.2, 0.25) is 0 Å². The third kappa shape index (κ3) is 5.31. The van der Waals surface area contributed by atoms with E-state index < -0.39 is 30.4 Å². The van der Waals surface area contributed by atoms with Crippen LogP contribution in [0.25, 0.3) is 0 Å². The molecule has 22 heavy (non-hydrogen) atoms. The van der Waals surface area contributed by atoms with E-state index in [1.165, 1.54) is 19.2 Å². The predicted octanol–water partition coefficient (Wildman–Crippen LogP) is 0.804. The Morgan fingerprint density at radius 2 is 1.91 bits per heavy atom. The number of hydrogen-bond donors (Lipinski definition) is 3. The molecule has 120 valence electrons. The van der Waals surface area contributed by atoms with Gasteiger partial charge in [-0.15, -0.1) is 0 Å². The second-order valence-electron chi connectivity index (χ2n) is 4.42. The van der Waals surface area contributed by atoms with Gasteiger partial charge in [-0.25, -0.2) is 4.79 Å². The van der Waals surface area contributed by atoms with E-state index in [2.05, 4.69) is 4.74 Å². The molecular formula is C14H16O8. The Kier molecular flexibility index (Phi) is 6.18. The summed E-state index contributed by atoms with van der Waals surface area (Å²) >= 11 is 0. The number of aryl methyl sites for hydroxylation is 1. The van der Waals surface area contributed by atoms with Crippen LogP contribution in [0, 0.1) is 0 Å². The van der Waals surface area contributed by atoms with Gasteiger partial charge in [-0.3, -0.25) is 9.59 Å². The largest absolute Gasteiger partial charge is 0.504 e. The second-order valence-corrected chi connectivity index (χ2v) is 4.42. The highest BCUT2D eigenvalue weighted by molar-refractivity contribution is 5.82. The van der Waals surface area contributed by atoms with Crippen LogP contribution < -0.4 is 4.74 Å². The smallest absolute Gasteiger partial charge is 0.345 e. The zero-order chi connectivity index (χ0) is 16.7. The van der Waals surface area contributed by atoms with Gasteiger partial charge in [0.15, 0.2) is 11.5 Å². The van der Waals surface area contributed by atoms with Crippen molar-refractivity contribution in [2.75, 3.05) is 7.11 Å². The number of carboxylic acid groups (broad SMARTS) is 2. The van der Waals surface area contributed by atoms with Crippen LogP contribution in [0.1, 0.15) is 18.4 Å². The van der Waals surface area contributed by atoms with Gasteiger partial charge in [0.05, 0.1) is 13.5 Å². The van der Waals surface area contributed by atoms with Crippen molar-refractivity contribution in [3.63, 3.8) is 0 Å². The van der Waals surface area contributed by atoms with E-state index >= 15 is 0 Å². The normalized spacial score (nSPS) is 11.5. The van der Waals surface area contributed by atoms with Crippen molar-refractivity contribution in [3.8, 4) is 11.5 Å². The summed E-state index contributed by atoms with van der Waals surface area (Å²) in [5.41, 5.74) is 0.678. The van der Waals surface area contributed by atoms with E-state index in [1.54, 1.807) is 6.07 Å². The Hall–Kier alpha value is -2.77. The molecule has 8 nitrogen and oxygen atoms in total. The number of carbonyl (C=O) groups excluding carboxylic acids is 1. The number of phenolic OH excluding ortho intramolecular Hbond substituents is 1. The number of benzene rings is 1. The SMILES string of the molecule is COc1cc(CCC(=O)O[C@@H](CC(=O)O)C(=O)O)ccc1O. The minimum atomic E-state index is -1.71. The number of hydrogen-bond acceptors (Lipinski definition) is 6. The minimum Gasteiger partial charge on any atom is -0.504 e.